The van der Waals surface area contributed by atoms with Crippen LogP contribution in [0.4, 0.5) is 11.5 Å². The second kappa shape index (κ2) is 6.82. The van der Waals surface area contributed by atoms with Crippen LogP contribution in [0.1, 0.15) is 12.2 Å². The molecular formula is C19H24N6O. The fraction of sp³-hybridized carbons (Fsp3) is 0.421. The Morgan fingerprint density at radius 2 is 2.12 bits per heavy atom. The van der Waals surface area contributed by atoms with Crippen LogP contribution < -0.4 is 15.0 Å². The molecule has 0 saturated carbocycles. The third kappa shape index (κ3) is 3.05. The van der Waals surface area contributed by atoms with Crippen LogP contribution in [0.15, 0.2) is 30.5 Å². The number of hydrogen-bond donors (Lipinski definition) is 1. The minimum atomic E-state index is 0.557. The molecule has 1 fully saturated rings. The molecule has 3 heterocycles. The molecule has 136 valence electrons. The lowest BCUT2D eigenvalue weighted by Crippen LogP contribution is -2.23. The predicted octanol–water partition coefficient (Wildman–Crippen LogP) is 2.62. The van der Waals surface area contributed by atoms with Crippen molar-refractivity contribution < 1.29 is 4.74 Å². The third-order valence-corrected chi connectivity index (χ3v) is 4.97. The summed E-state index contributed by atoms with van der Waals surface area (Å²) in [7, 11) is 3.63. The Kier molecular flexibility index (Phi) is 4.36. The number of benzene rings is 1. The SMILES string of the molecule is COc1ccccc1N1CCC(CNc2nc(C)nc3c2cnn3C)C1. The molecule has 1 unspecified atom stereocenters. The summed E-state index contributed by atoms with van der Waals surface area (Å²) < 4.78 is 7.29. The largest absolute Gasteiger partial charge is 0.495 e. The number of ether oxygens (including phenoxy) is 1. The number of aromatic nitrogens is 4. The van der Waals surface area contributed by atoms with E-state index in [1.807, 2.05) is 32.3 Å². The average Bonchev–Trinajstić information content (AvgIpc) is 3.27. The van der Waals surface area contributed by atoms with E-state index in [1.54, 1.807) is 11.8 Å². The molecule has 0 radical (unpaired) electrons. The maximum atomic E-state index is 5.50. The first-order chi connectivity index (χ1) is 12.7. The van der Waals surface area contributed by atoms with Gasteiger partial charge in [-0.05, 0) is 31.4 Å². The van der Waals surface area contributed by atoms with E-state index in [0.29, 0.717) is 5.92 Å². The highest BCUT2D eigenvalue weighted by atomic mass is 16.5. The smallest absolute Gasteiger partial charge is 0.163 e. The highest BCUT2D eigenvalue weighted by Crippen LogP contribution is 2.32. The van der Waals surface area contributed by atoms with E-state index in [4.69, 9.17) is 4.74 Å². The third-order valence-electron chi connectivity index (χ3n) is 4.97. The van der Waals surface area contributed by atoms with Gasteiger partial charge in [0.15, 0.2) is 5.65 Å². The fourth-order valence-corrected chi connectivity index (χ4v) is 3.62. The lowest BCUT2D eigenvalue weighted by Gasteiger charge is -2.21. The minimum absolute atomic E-state index is 0.557. The first-order valence-electron chi connectivity index (χ1n) is 8.94. The van der Waals surface area contributed by atoms with Crippen LogP contribution in [-0.2, 0) is 7.05 Å². The van der Waals surface area contributed by atoms with Crippen molar-refractivity contribution in [3.63, 3.8) is 0 Å². The average molecular weight is 352 g/mol. The molecule has 0 bridgehead atoms. The molecule has 0 aliphatic carbocycles. The highest BCUT2D eigenvalue weighted by Gasteiger charge is 2.24. The molecule has 4 rings (SSSR count). The highest BCUT2D eigenvalue weighted by molar-refractivity contribution is 5.86. The van der Waals surface area contributed by atoms with E-state index in [-0.39, 0.29) is 0 Å². The van der Waals surface area contributed by atoms with Gasteiger partial charge in [0.1, 0.15) is 17.4 Å². The van der Waals surface area contributed by atoms with E-state index < -0.39 is 0 Å². The first kappa shape index (κ1) is 16.6. The van der Waals surface area contributed by atoms with Crippen molar-refractivity contribution in [1.82, 2.24) is 19.7 Å². The number of aryl methyl sites for hydroxylation is 2. The summed E-state index contributed by atoms with van der Waals surface area (Å²) in [4.78, 5) is 11.4. The number of anilines is 2. The summed E-state index contributed by atoms with van der Waals surface area (Å²) in [6.45, 7) is 4.84. The minimum Gasteiger partial charge on any atom is -0.495 e. The van der Waals surface area contributed by atoms with E-state index in [9.17, 15) is 0 Å². The number of nitrogens with zero attached hydrogens (tertiary/aromatic N) is 5. The van der Waals surface area contributed by atoms with E-state index in [0.717, 1.165) is 54.5 Å². The van der Waals surface area contributed by atoms with Crippen molar-refractivity contribution in [3.8, 4) is 5.75 Å². The molecule has 26 heavy (non-hydrogen) atoms. The van der Waals surface area contributed by atoms with Crippen LogP contribution in [0.5, 0.6) is 5.75 Å². The van der Waals surface area contributed by atoms with Crippen LogP contribution in [-0.4, -0.2) is 46.5 Å². The first-order valence-corrected chi connectivity index (χ1v) is 8.94. The van der Waals surface area contributed by atoms with Gasteiger partial charge in [0.05, 0.1) is 24.4 Å². The quantitative estimate of drug-likeness (QED) is 0.761. The van der Waals surface area contributed by atoms with Gasteiger partial charge in [0.2, 0.25) is 0 Å². The van der Waals surface area contributed by atoms with Gasteiger partial charge in [-0.1, -0.05) is 12.1 Å². The zero-order valence-electron chi connectivity index (χ0n) is 15.4. The maximum Gasteiger partial charge on any atom is 0.163 e. The molecule has 3 aromatic rings. The van der Waals surface area contributed by atoms with E-state index >= 15 is 0 Å². The Morgan fingerprint density at radius 1 is 1.27 bits per heavy atom. The zero-order valence-corrected chi connectivity index (χ0v) is 15.4. The number of fused-ring (bicyclic) bond motifs is 1. The second-order valence-electron chi connectivity index (χ2n) is 6.78. The molecule has 1 aliphatic rings. The molecule has 0 amide bonds. The Balaban J connectivity index is 1.45. The Morgan fingerprint density at radius 3 is 2.96 bits per heavy atom. The van der Waals surface area contributed by atoms with Crippen LogP contribution in [0.25, 0.3) is 11.0 Å². The molecule has 1 N–H and O–H groups in total. The van der Waals surface area contributed by atoms with Crippen molar-refractivity contribution in [2.24, 2.45) is 13.0 Å². The summed E-state index contributed by atoms with van der Waals surface area (Å²) in [6.07, 6.45) is 2.97. The van der Waals surface area contributed by atoms with Gasteiger partial charge in [-0.25, -0.2) is 9.97 Å². The molecule has 1 aromatic carbocycles. The van der Waals surface area contributed by atoms with Crippen molar-refractivity contribution in [2.45, 2.75) is 13.3 Å². The second-order valence-corrected chi connectivity index (χ2v) is 6.78. The van der Waals surface area contributed by atoms with Gasteiger partial charge in [0.25, 0.3) is 0 Å². The molecule has 7 nitrogen and oxygen atoms in total. The van der Waals surface area contributed by atoms with Gasteiger partial charge >= 0.3 is 0 Å². The Hall–Kier alpha value is -2.83. The van der Waals surface area contributed by atoms with Crippen LogP contribution in [0.2, 0.25) is 0 Å². The standard InChI is InChI=1S/C19H24N6O/c1-13-22-18(15-11-21-24(2)19(15)23-13)20-10-14-8-9-25(12-14)16-6-4-5-7-17(16)26-3/h4-7,11,14H,8-10,12H2,1-3H3,(H,20,22,23). The number of hydrogen-bond acceptors (Lipinski definition) is 6. The predicted molar refractivity (Wildman–Crippen MR) is 103 cm³/mol. The van der Waals surface area contributed by atoms with Crippen molar-refractivity contribution in [1.29, 1.82) is 0 Å². The van der Waals surface area contributed by atoms with Crippen LogP contribution in [0.3, 0.4) is 0 Å². The fourth-order valence-electron chi connectivity index (χ4n) is 3.62. The Bertz CT molecular complexity index is 922. The maximum absolute atomic E-state index is 5.50. The number of rotatable bonds is 5. The lowest BCUT2D eigenvalue weighted by atomic mass is 10.1. The van der Waals surface area contributed by atoms with Gasteiger partial charge < -0.3 is 15.0 Å². The molecule has 1 aliphatic heterocycles. The van der Waals surface area contributed by atoms with Gasteiger partial charge in [-0.2, -0.15) is 5.10 Å². The number of methoxy groups -OCH3 is 1. The molecule has 2 aromatic heterocycles. The molecular weight excluding hydrogens is 328 g/mol. The van der Waals surface area contributed by atoms with Gasteiger partial charge in [0, 0.05) is 26.7 Å². The van der Waals surface area contributed by atoms with E-state index in [2.05, 4.69) is 37.4 Å². The van der Waals surface area contributed by atoms with Gasteiger partial charge in [-0.3, -0.25) is 4.68 Å². The topological polar surface area (TPSA) is 68.1 Å². The van der Waals surface area contributed by atoms with Gasteiger partial charge in [-0.15, -0.1) is 0 Å². The van der Waals surface area contributed by atoms with E-state index in [1.165, 1.54) is 5.69 Å². The Labute approximate surface area is 153 Å². The van der Waals surface area contributed by atoms with Crippen LogP contribution in [0, 0.1) is 12.8 Å². The molecule has 1 atom stereocenters. The number of para-hydroxylation sites is 2. The molecule has 0 spiro atoms. The lowest BCUT2D eigenvalue weighted by molar-refractivity contribution is 0.414. The number of nitrogens with one attached hydrogen (secondary N) is 1. The van der Waals surface area contributed by atoms with Crippen LogP contribution >= 0.6 is 0 Å². The summed E-state index contributed by atoms with van der Waals surface area (Å²) in [5.41, 5.74) is 2.03. The summed E-state index contributed by atoms with van der Waals surface area (Å²) >= 11 is 0. The normalized spacial score (nSPS) is 17.0. The van der Waals surface area contributed by atoms with Crippen molar-refractivity contribution >= 4 is 22.5 Å². The summed E-state index contributed by atoms with van der Waals surface area (Å²) in [5.74, 6) is 3.12. The summed E-state index contributed by atoms with van der Waals surface area (Å²) in [6, 6.07) is 8.21. The summed E-state index contributed by atoms with van der Waals surface area (Å²) in [5, 5.41) is 8.79. The molecule has 7 heteroatoms. The monoisotopic (exact) mass is 352 g/mol. The zero-order chi connectivity index (χ0) is 18.1. The van der Waals surface area contributed by atoms with Crippen molar-refractivity contribution in [2.75, 3.05) is 37.0 Å². The van der Waals surface area contributed by atoms with Crippen molar-refractivity contribution in [3.05, 3.63) is 36.3 Å². The molecule has 1 saturated heterocycles.